The van der Waals surface area contributed by atoms with Gasteiger partial charge in [0.15, 0.2) is 0 Å². The number of halogens is 3. The molecule has 0 atom stereocenters. The number of carbonyl (C=O) groups is 1. The first-order valence-electron chi connectivity index (χ1n) is 5.56. The second-order valence-corrected chi connectivity index (χ2v) is 4.07. The number of carbonyl (C=O) groups excluding carboxylic acids is 1. The molecule has 2 rings (SSSR count). The van der Waals surface area contributed by atoms with Crippen molar-refractivity contribution in [3.05, 3.63) is 24.3 Å². The number of nitrogens with zero attached hydrogens (tertiary/aromatic N) is 1. The van der Waals surface area contributed by atoms with E-state index in [-0.39, 0.29) is 11.5 Å². The van der Waals surface area contributed by atoms with Gasteiger partial charge < -0.3 is 9.64 Å². The van der Waals surface area contributed by atoms with Gasteiger partial charge in [0.2, 0.25) is 0 Å². The molecular weight excluding hydrogens is 247 g/mol. The van der Waals surface area contributed by atoms with Gasteiger partial charge in [-0.05, 0) is 24.3 Å². The molecule has 0 radical (unpaired) electrons. The molecule has 0 amide bonds. The predicted molar refractivity (Wildman–Crippen MR) is 59.6 cm³/mol. The SMILES string of the molecule is O=C1CCN(c2ccc(OC(F)(F)F)cc2)CC1. The first-order valence-corrected chi connectivity index (χ1v) is 5.56. The highest BCUT2D eigenvalue weighted by atomic mass is 19.4. The highest BCUT2D eigenvalue weighted by Crippen LogP contribution is 2.26. The molecule has 1 aliphatic rings. The zero-order chi connectivity index (χ0) is 13.2. The van der Waals surface area contributed by atoms with E-state index in [9.17, 15) is 18.0 Å². The molecule has 0 saturated carbocycles. The minimum absolute atomic E-state index is 0.225. The number of benzene rings is 1. The van der Waals surface area contributed by atoms with E-state index in [4.69, 9.17) is 0 Å². The number of piperidine rings is 1. The Kier molecular flexibility index (Phi) is 3.45. The highest BCUT2D eigenvalue weighted by Gasteiger charge is 2.31. The lowest BCUT2D eigenvalue weighted by Gasteiger charge is -2.28. The summed E-state index contributed by atoms with van der Waals surface area (Å²) in [7, 11) is 0. The fourth-order valence-corrected chi connectivity index (χ4v) is 1.87. The highest BCUT2D eigenvalue weighted by molar-refractivity contribution is 5.81. The van der Waals surface area contributed by atoms with Crippen LogP contribution in [-0.4, -0.2) is 25.2 Å². The number of ether oxygens (including phenoxy) is 1. The summed E-state index contributed by atoms with van der Waals surface area (Å²) in [5.41, 5.74) is 0.803. The van der Waals surface area contributed by atoms with E-state index in [0.717, 1.165) is 5.69 Å². The molecule has 1 saturated heterocycles. The molecule has 6 heteroatoms. The van der Waals surface area contributed by atoms with Crippen molar-refractivity contribution in [3.8, 4) is 5.75 Å². The van der Waals surface area contributed by atoms with Crippen molar-refractivity contribution in [2.24, 2.45) is 0 Å². The predicted octanol–water partition coefficient (Wildman–Crippen LogP) is 2.75. The fourth-order valence-electron chi connectivity index (χ4n) is 1.87. The van der Waals surface area contributed by atoms with Crippen molar-refractivity contribution in [1.82, 2.24) is 0 Å². The summed E-state index contributed by atoms with van der Waals surface area (Å²) in [6.45, 7) is 1.22. The van der Waals surface area contributed by atoms with Crippen LogP contribution in [0.15, 0.2) is 24.3 Å². The van der Waals surface area contributed by atoms with Gasteiger partial charge in [-0.2, -0.15) is 0 Å². The van der Waals surface area contributed by atoms with Gasteiger partial charge in [0.25, 0.3) is 0 Å². The van der Waals surface area contributed by atoms with E-state index in [1.54, 1.807) is 12.1 Å². The molecule has 1 aromatic carbocycles. The minimum Gasteiger partial charge on any atom is -0.406 e. The zero-order valence-electron chi connectivity index (χ0n) is 9.54. The summed E-state index contributed by atoms with van der Waals surface area (Å²) in [6, 6.07) is 5.69. The quantitative estimate of drug-likeness (QED) is 0.818. The number of Topliss-reactive ketones (excluding diaryl/α,β-unsaturated/α-hetero) is 1. The monoisotopic (exact) mass is 259 g/mol. The Morgan fingerprint density at radius 2 is 1.61 bits per heavy atom. The molecule has 1 aliphatic heterocycles. The fraction of sp³-hybridized carbons (Fsp3) is 0.417. The molecule has 98 valence electrons. The summed E-state index contributed by atoms with van der Waals surface area (Å²) < 4.78 is 39.7. The van der Waals surface area contributed by atoms with Gasteiger partial charge in [0.05, 0.1) is 0 Å². The lowest BCUT2D eigenvalue weighted by molar-refractivity contribution is -0.274. The lowest BCUT2D eigenvalue weighted by atomic mass is 10.1. The van der Waals surface area contributed by atoms with Crippen LogP contribution in [0.2, 0.25) is 0 Å². The number of hydrogen-bond acceptors (Lipinski definition) is 3. The third kappa shape index (κ3) is 3.38. The molecule has 0 aromatic heterocycles. The molecule has 0 bridgehead atoms. The summed E-state index contributed by atoms with van der Waals surface area (Å²) in [5.74, 6) is -0.0115. The van der Waals surface area contributed by atoms with Crippen molar-refractivity contribution < 1.29 is 22.7 Å². The van der Waals surface area contributed by atoms with Gasteiger partial charge in [-0.1, -0.05) is 0 Å². The molecule has 0 aliphatic carbocycles. The van der Waals surface area contributed by atoms with Gasteiger partial charge in [-0.3, -0.25) is 4.79 Å². The third-order valence-electron chi connectivity index (χ3n) is 2.76. The van der Waals surface area contributed by atoms with Gasteiger partial charge in [0.1, 0.15) is 11.5 Å². The summed E-state index contributed by atoms with van der Waals surface area (Å²) in [4.78, 5) is 13.1. The van der Waals surface area contributed by atoms with Crippen LogP contribution in [0.4, 0.5) is 18.9 Å². The van der Waals surface area contributed by atoms with E-state index in [1.807, 2.05) is 4.90 Å². The Morgan fingerprint density at radius 3 is 2.11 bits per heavy atom. The molecule has 1 aromatic rings. The Hall–Kier alpha value is -1.72. The van der Waals surface area contributed by atoms with Gasteiger partial charge in [-0.25, -0.2) is 0 Å². The third-order valence-corrected chi connectivity index (χ3v) is 2.76. The van der Waals surface area contributed by atoms with E-state index in [0.29, 0.717) is 25.9 Å². The Balaban J connectivity index is 2.01. The van der Waals surface area contributed by atoms with Crippen LogP contribution in [0, 0.1) is 0 Å². The van der Waals surface area contributed by atoms with E-state index < -0.39 is 6.36 Å². The largest absolute Gasteiger partial charge is 0.573 e. The van der Waals surface area contributed by atoms with Crippen molar-refractivity contribution in [2.75, 3.05) is 18.0 Å². The standard InChI is InChI=1S/C12H12F3NO2/c13-12(14,15)18-11-3-1-9(2-4-11)16-7-5-10(17)6-8-16/h1-4H,5-8H2. The molecule has 0 spiro atoms. The number of hydrogen-bond donors (Lipinski definition) is 0. The minimum atomic E-state index is -4.67. The molecular formula is C12H12F3NO2. The van der Waals surface area contributed by atoms with Crippen LogP contribution in [-0.2, 0) is 4.79 Å². The maximum atomic E-state index is 12.0. The Labute approximate surface area is 102 Å². The van der Waals surface area contributed by atoms with Crippen molar-refractivity contribution in [3.63, 3.8) is 0 Å². The topological polar surface area (TPSA) is 29.5 Å². The summed E-state index contributed by atoms with van der Waals surface area (Å²) >= 11 is 0. The second kappa shape index (κ2) is 4.88. The lowest BCUT2D eigenvalue weighted by Crippen LogP contribution is -2.33. The maximum absolute atomic E-state index is 12.0. The van der Waals surface area contributed by atoms with E-state index in [2.05, 4.69) is 4.74 Å². The zero-order valence-corrected chi connectivity index (χ0v) is 9.54. The van der Waals surface area contributed by atoms with Gasteiger partial charge in [0, 0.05) is 31.6 Å². The van der Waals surface area contributed by atoms with Crippen LogP contribution in [0.1, 0.15) is 12.8 Å². The Bertz CT molecular complexity index is 418. The van der Waals surface area contributed by atoms with Gasteiger partial charge in [-0.15, -0.1) is 13.2 Å². The van der Waals surface area contributed by atoms with Crippen molar-refractivity contribution in [1.29, 1.82) is 0 Å². The molecule has 3 nitrogen and oxygen atoms in total. The van der Waals surface area contributed by atoms with Crippen LogP contribution >= 0.6 is 0 Å². The van der Waals surface area contributed by atoms with E-state index >= 15 is 0 Å². The first-order chi connectivity index (χ1) is 8.44. The van der Waals surface area contributed by atoms with E-state index in [1.165, 1.54) is 12.1 Å². The summed E-state index contributed by atoms with van der Waals surface area (Å²) in [5, 5.41) is 0. The van der Waals surface area contributed by atoms with Gasteiger partial charge >= 0.3 is 6.36 Å². The van der Waals surface area contributed by atoms with Crippen LogP contribution in [0.3, 0.4) is 0 Å². The van der Waals surface area contributed by atoms with Crippen molar-refractivity contribution in [2.45, 2.75) is 19.2 Å². The van der Waals surface area contributed by atoms with Crippen LogP contribution in [0.5, 0.6) is 5.75 Å². The van der Waals surface area contributed by atoms with Crippen LogP contribution in [0.25, 0.3) is 0 Å². The smallest absolute Gasteiger partial charge is 0.406 e. The number of rotatable bonds is 2. The number of alkyl halides is 3. The number of anilines is 1. The number of ketones is 1. The maximum Gasteiger partial charge on any atom is 0.573 e. The average molecular weight is 259 g/mol. The molecule has 0 unspecified atom stereocenters. The molecule has 0 N–H and O–H groups in total. The second-order valence-electron chi connectivity index (χ2n) is 4.07. The summed E-state index contributed by atoms with van der Waals surface area (Å²) in [6.07, 6.45) is -3.69. The normalized spacial score (nSPS) is 16.8. The molecule has 1 fully saturated rings. The average Bonchev–Trinajstić information content (AvgIpc) is 2.29. The molecule has 18 heavy (non-hydrogen) atoms. The first kappa shape index (κ1) is 12.7. The van der Waals surface area contributed by atoms with Crippen molar-refractivity contribution >= 4 is 11.5 Å². The Morgan fingerprint density at radius 1 is 1.06 bits per heavy atom. The van der Waals surface area contributed by atoms with Crippen LogP contribution < -0.4 is 9.64 Å². The molecule has 1 heterocycles.